The van der Waals surface area contributed by atoms with Gasteiger partial charge >= 0.3 is 12.4 Å². The lowest BCUT2D eigenvalue weighted by Gasteiger charge is -2.45. The van der Waals surface area contributed by atoms with E-state index in [2.05, 4.69) is 10.6 Å². The summed E-state index contributed by atoms with van der Waals surface area (Å²) in [6.45, 7) is 1.38. The molecule has 2 N–H and O–H groups in total. The minimum Gasteiger partial charge on any atom is -0.352 e. The normalized spacial score (nSPS) is 20.8. The fourth-order valence-electron chi connectivity index (χ4n) is 4.38. The van der Waals surface area contributed by atoms with Crippen LogP contribution in [0, 0.1) is 5.82 Å². The van der Waals surface area contributed by atoms with E-state index < -0.39 is 64.8 Å². The molecule has 3 nitrogen and oxygen atoms in total. The van der Waals surface area contributed by atoms with Crippen LogP contribution in [-0.4, -0.2) is 24.7 Å². The fraction of sp³-hybridized carbons (Fsp3) is 0.458. The van der Waals surface area contributed by atoms with Crippen LogP contribution >= 0.6 is 0 Å². The third kappa shape index (κ3) is 6.12. The van der Waals surface area contributed by atoms with E-state index in [1.807, 2.05) is 0 Å². The van der Waals surface area contributed by atoms with Crippen molar-refractivity contribution in [2.45, 2.75) is 56.2 Å². The summed E-state index contributed by atoms with van der Waals surface area (Å²) in [4.78, 5) is 12.8. The summed E-state index contributed by atoms with van der Waals surface area (Å²) in [6.07, 6.45) is -9.89. The van der Waals surface area contributed by atoms with Crippen molar-refractivity contribution < 1.29 is 39.9 Å². The van der Waals surface area contributed by atoms with Crippen LogP contribution in [-0.2, 0) is 29.1 Å². The van der Waals surface area contributed by atoms with Crippen LogP contribution in [0.1, 0.15) is 48.4 Å². The van der Waals surface area contributed by atoms with Crippen LogP contribution in [0.25, 0.3) is 0 Å². The number of rotatable bonds is 6. The molecule has 11 heteroatoms. The summed E-state index contributed by atoms with van der Waals surface area (Å²) >= 11 is 0. The van der Waals surface area contributed by atoms with Crippen molar-refractivity contribution in [1.82, 2.24) is 10.6 Å². The first-order valence-corrected chi connectivity index (χ1v) is 10.8. The Balaban J connectivity index is 1.85. The van der Waals surface area contributed by atoms with Gasteiger partial charge in [-0.2, -0.15) is 26.3 Å². The Hall–Kier alpha value is -2.69. The van der Waals surface area contributed by atoms with Crippen molar-refractivity contribution in [1.29, 1.82) is 0 Å². The lowest BCUT2D eigenvalue weighted by molar-refractivity contribution is -0.143. The van der Waals surface area contributed by atoms with Crippen molar-refractivity contribution in [2.24, 2.45) is 0 Å². The number of halogens is 8. The highest BCUT2D eigenvalue weighted by atomic mass is 19.4. The number of piperidine rings is 1. The molecular weight excluding hydrogens is 484 g/mol. The molecule has 35 heavy (non-hydrogen) atoms. The Morgan fingerprint density at radius 3 is 2.03 bits per heavy atom. The predicted molar refractivity (Wildman–Crippen MR) is 113 cm³/mol. The van der Waals surface area contributed by atoms with Crippen molar-refractivity contribution in [2.75, 3.05) is 13.1 Å². The Bertz CT molecular complexity index is 1010. The molecule has 0 aliphatic carbocycles. The lowest BCUT2D eigenvalue weighted by atomic mass is 9.64. The van der Waals surface area contributed by atoms with Crippen molar-refractivity contribution >= 4 is 5.91 Å². The SMILES string of the molecule is CC(CC(=O)NCc1cc(C(F)(F)F)cc(C(F)(F)F)c1)(c1ccc(F)cc1)C1(F)CCCNC1. The summed E-state index contributed by atoms with van der Waals surface area (Å²) < 4.78 is 108. The molecule has 2 aromatic rings. The summed E-state index contributed by atoms with van der Waals surface area (Å²) in [5.41, 5.74) is -6.40. The van der Waals surface area contributed by atoms with E-state index in [9.17, 15) is 35.5 Å². The third-order valence-corrected chi connectivity index (χ3v) is 6.45. The standard InChI is InChI=1S/C24H24F8N2O/c1-21(16-3-5-19(25)6-4-16,22(26)7-2-8-33-14-22)12-20(35)34-13-15-9-17(23(27,28)29)11-18(10-15)24(30,31)32/h3-6,9-11,33H,2,7-8,12-14H2,1H3,(H,34,35). The Kier molecular flexibility index (Phi) is 7.50. The second-order valence-corrected chi connectivity index (χ2v) is 8.95. The van der Waals surface area contributed by atoms with Crippen molar-refractivity contribution in [3.05, 3.63) is 70.5 Å². The maximum absolute atomic E-state index is 16.1. The highest BCUT2D eigenvalue weighted by molar-refractivity contribution is 5.78. The predicted octanol–water partition coefficient (Wildman–Crippen LogP) is 5.92. The largest absolute Gasteiger partial charge is 0.416 e. The Morgan fingerprint density at radius 2 is 1.54 bits per heavy atom. The van der Waals surface area contributed by atoms with Crippen LogP contribution in [0.3, 0.4) is 0 Å². The third-order valence-electron chi connectivity index (χ3n) is 6.45. The van der Waals surface area contributed by atoms with E-state index in [0.717, 1.165) is 12.1 Å². The fourth-order valence-corrected chi connectivity index (χ4v) is 4.38. The molecule has 192 valence electrons. The zero-order valence-corrected chi connectivity index (χ0v) is 18.7. The van der Waals surface area contributed by atoms with Crippen LogP contribution in [0.2, 0.25) is 0 Å². The molecule has 1 aliphatic rings. The van der Waals surface area contributed by atoms with Gasteiger partial charge in [-0.05, 0) is 60.8 Å². The van der Waals surface area contributed by atoms with E-state index in [1.54, 1.807) is 0 Å². The van der Waals surface area contributed by atoms with Crippen molar-refractivity contribution in [3.63, 3.8) is 0 Å². The number of hydrogen-bond acceptors (Lipinski definition) is 2. The van der Waals surface area contributed by atoms with E-state index in [1.165, 1.54) is 19.1 Å². The molecule has 3 rings (SSSR count). The van der Waals surface area contributed by atoms with E-state index in [4.69, 9.17) is 0 Å². The monoisotopic (exact) mass is 508 g/mol. The number of alkyl halides is 7. The molecule has 2 aromatic carbocycles. The average Bonchev–Trinajstić information content (AvgIpc) is 2.77. The van der Waals surface area contributed by atoms with Gasteiger partial charge in [-0.25, -0.2) is 8.78 Å². The minimum atomic E-state index is -5.02. The molecule has 2 atom stereocenters. The number of benzene rings is 2. The van der Waals surface area contributed by atoms with Gasteiger partial charge in [-0.3, -0.25) is 4.79 Å². The minimum absolute atomic E-state index is 0.000143. The molecule has 0 spiro atoms. The second kappa shape index (κ2) is 9.75. The number of hydrogen-bond donors (Lipinski definition) is 2. The molecule has 1 aliphatic heterocycles. The van der Waals surface area contributed by atoms with Crippen LogP contribution < -0.4 is 10.6 Å². The van der Waals surface area contributed by atoms with Gasteiger partial charge in [0.2, 0.25) is 5.91 Å². The summed E-state index contributed by atoms with van der Waals surface area (Å²) in [5.74, 6) is -1.33. The smallest absolute Gasteiger partial charge is 0.352 e. The number of amides is 1. The maximum atomic E-state index is 16.1. The molecular formula is C24H24F8N2O. The molecule has 0 aromatic heterocycles. The Labute approximate surface area is 196 Å². The zero-order chi connectivity index (χ0) is 26.1. The van der Waals surface area contributed by atoms with Crippen LogP contribution in [0.5, 0.6) is 0 Å². The van der Waals surface area contributed by atoms with E-state index in [0.29, 0.717) is 30.7 Å². The summed E-state index contributed by atoms with van der Waals surface area (Å²) in [7, 11) is 0. The van der Waals surface area contributed by atoms with Gasteiger partial charge in [0.1, 0.15) is 11.5 Å². The van der Waals surface area contributed by atoms with Crippen LogP contribution in [0.4, 0.5) is 35.1 Å². The maximum Gasteiger partial charge on any atom is 0.416 e. The molecule has 1 fully saturated rings. The molecule has 1 saturated heterocycles. The van der Waals surface area contributed by atoms with E-state index >= 15 is 4.39 Å². The first-order chi connectivity index (χ1) is 16.1. The average molecular weight is 508 g/mol. The van der Waals surface area contributed by atoms with Gasteiger partial charge in [-0.1, -0.05) is 19.1 Å². The number of carbonyl (C=O) groups is 1. The topological polar surface area (TPSA) is 41.1 Å². The van der Waals surface area contributed by atoms with Gasteiger partial charge in [-0.15, -0.1) is 0 Å². The molecule has 1 heterocycles. The summed E-state index contributed by atoms with van der Waals surface area (Å²) in [5, 5.41) is 5.25. The molecule has 1 amide bonds. The molecule has 2 unspecified atom stereocenters. The van der Waals surface area contributed by atoms with Gasteiger partial charge in [0.25, 0.3) is 0 Å². The van der Waals surface area contributed by atoms with Gasteiger partial charge < -0.3 is 10.6 Å². The quantitative estimate of drug-likeness (QED) is 0.476. The van der Waals surface area contributed by atoms with Crippen LogP contribution in [0.15, 0.2) is 42.5 Å². The Morgan fingerprint density at radius 1 is 0.971 bits per heavy atom. The number of carbonyl (C=O) groups excluding carboxylic acids is 1. The molecule has 0 saturated carbocycles. The highest BCUT2D eigenvalue weighted by Gasteiger charge is 2.51. The van der Waals surface area contributed by atoms with Crippen molar-refractivity contribution in [3.8, 4) is 0 Å². The van der Waals surface area contributed by atoms with Gasteiger partial charge in [0, 0.05) is 24.9 Å². The molecule has 0 bridgehead atoms. The van der Waals surface area contributed by atoms with E-state index in [-0.39, 0.29) is 19.0 Å². The number of nitrogens with one attached hydrogen (secondary N) is 2. The second-order valence-electron chi connectivity index (χ2n) is 8.95. The molecule has 0 radical (unpaired) electrons. The lowest BCUT2D eigenvalue weighted by Crippen LogP contribution is -2.57. The highest BCUT2D eigenvalue weighted by Crippen LogP contribution is 2.45. The first kappa shape index (κ1) is 26.9. The zero-order valence-electron chi connectivity index (χ0n) is 18.7. The van der Waals surface area contributed by atoms with Gasteiger partial charge in [0.15, 0.2) is 0 Å². The first-order valence-electron chi connectivity index (χ1n) is 10.8. The summed E-state index contributed by atoms with van der Waals surface area (Å²) in [6, 6.07) is 6.04. The van der Waals surface area contributed by atoms with Gasteiger partial charge in [0.05, 0.1) is 11.1 Å².